The van der Waals surface area contributed by atoms with E-state index in [9.17, 15) is 0 Å². The summed E-state index contributed by atoms with van der Waals surface area (Å²) in [5.41, 5.74) is 3.55. The molecular formula is C19H19NO. The van der Waals surface area contributed by atoms with Crippen LogP contribution in [-0.4, -0.2) is 0 Å². The van der Waals surface area contributed by atoms with E-state index < -0.39 is 0 Å². The van der Waals surface area contributed by atoms with Crippen molar-refractivity contribution in [2.24, 2.45) is 0 Å². The van der Waals surface area contributed by atoms with Crippen LogP contribution in [0.15, 0.2) is 71.1 Å². The fourth-order valence-corrected chi connectivity index (χ4v) is 2.40. The van der Waals surface area contributed by atoms with Gasteiger partial charge in [0.15, 0.2) is 0 Å². The average molecular weight is 277 g/mol. The van der Waals surface area contributed by atoms with Gasteiger partial charge in [0.2, 0.25) is 0 Å². The summed E-state index contributed by atoms with van der Waals surface area (Å²) in [5.74, 6) is 1.90. The third-order valence-corrected chi connectivity index (χ3v) is 3.56. The maximum Gasteiger partial charge on any atom is 0.126 e. The molecule has 2 aromatic carbocycles. The molecule has 2 nitrogen and oxygen atoms in total. The SMILES string of the molecule is Cc1ccc(C(C)Nc2ccc(-c3ccccc3)cc2)o1. The van der Waals surface area contributed by atoms with E-state index in [1.54, 1.807) is 0 Å². The van der Waals surface area contributed by atoms with E-state index in [2.05, 4.69) is 60.8 Å². The lowest BCUT2D eigenvalue weighted by Gasteiger charge is -2.13. The number of benzene rings is 2. The highest BCUT2D eigenvalue weighted by atomic mass is 16.3. The van der Waals surface area contributed by atoms with Crippen LogP contribution in [-0.2, 0) is 0 Å². The van der Waals surface area contributed by atoms with Crippen LogP contribution in [0.5, 0.6) is 0 Å². The van der Waals surface area contributed by atoms with E-state index >= 15 is 0 Å². The van der Waals surface area contributed by atoms with Gasteiger partial charge >= 0.3 is 0 Å². The van der Waals surface area contributed by atoms with Crippen LogP contribution in [0.25, 0.3) is 11.1 Å². The van der Waals surface area contributed by atoms with Gasteiger partial charge in [-0.15, -0.1) is 0 Å². The molecule has 1 unspecified atom stereocenters. The van der Waals surface area contributed by atoms with E-state index in [4.69, 9.17) is 4.42 Å². The highest BCUT2D eigenvalue weighted by Gasteiger charge is 2.09. The minimum absolute atomic E-state index is 0.154. The summed E-state index contributed by atoms with van der Waals surface area (Å²) in [6, 6.07) is 23.0. The van der Waals surface area contributed by atoms with Crippen molar-refractivity contribution in [1.29, 1.82) is 0 Å². The highest BCUT2D eigenvalue weighted by Crippen LogP contribution is 2.24. The molecule has 3 aromatic rings. The largest absolute Gasteiger partial charge is 0.464 e. The molecule has 3 rings (SSSR count). The average Bonchev–Trinajstić information content (AvgIpc) is 2.96. The standard InChI is InChI=1S/C19H19NO/c1-14-8-13-19(21-14)15(2)20-18-11-9-17(10-12-18)16-6-4-3-5-7-16/h3-13,15,20H,1-2H3. The van der Waals surface area contributed by atoms with E-state index in [1.165, 1.54) is 11.1 Å². The van der Waals surface area contributed by atoms with E-state index in [-0.39, 0.29) is 6.04 Å². The van der Waals surface area contributed by atoms with Crippen LogP contribution in [0.4, 0.5) is 5.69 Å². The predicted molar refractivity (Wildman–Crippen MR) is 87.4 cm³/mol. The molecule has 0 saturated heterocycles. The summed E-state index contributed by atoms with van der Waals surface area (Å²) >= 11 is 0. The lowest BCUT2D eigenvalue weighted by atomic mass is 10.1. The molecule has 1 N–H and O–H groups in total. The number of nitrogens with one attached hydrogen (secondary N) is 1. The van der Waals surface area contributed by atoms with E-state index in [1.807, 2.05) is 25.1 Å². The summed E-state index contributed by atoms with van der Waals surface area (Å²) in [6.45, 7) is 4.06. The number of rotatable bonds is 4. The zero-order valence-corrected chi connectivity index (χ0v) is 12.3. The Morgan fingerprint density at radius 2 is 1.48 bits per heavy atom. The van der Waals surface area contributed by atoms with E-state index in [0.717, 1.165) is 17.2 Å². The third-order valence-electron chi connectivity index (χ3n) is 3.56. The zero-order valence-electron chi connectivity index (χ0n) is 12.3. The van der Waals surface area contributed by atoms with Crippen molar-refractivity contribution in [3.05, 3.63) is 78.3 Å². The Balaban J connectivity index is 1.73. The lowest BCUT2D eigenvalue weighted by Crippen LogP contribution is -2.05. The number of aryl methyl sites for hydroxylation is 1. The van der Waals surface area contributed by atoms with Crippen molar-refractivity contribution in [3.8, 4) is 11.1 Å². The van der Waals surface area contributed by atoms with E-state index in [0.29, 0.717) is 0 Å². The molecule has 0 amide bonds. The van der Waals surface area contributed by atoms with Crippen molar-refractivity contribution >= 4 is 5.69 Å². The molecule has 0 aliphatic carbocycles. The molecule has 1 atom stereocenters. The summed E-state index contributed by atoms with van der Waals surface area (Å²) in [6.07, 6.45) is 0. The Labute approximate surface area is 125 Å². The first kappa shape index (κ1) is 13.5. The summed E-state index contributed by atoms with van der Waals surface area (Å²) in [4.78, 5) is 0. The molecule has 0 spiro atoms. The van der Waals surface area contributed by atoms with Crippen LogP contribution in [0.3, 0.4) is 0 Å². The van der Waals surface area contributed by atoms with Crippen LogP contribution in [0.2, 0.25) is 0 Å². The van der Waals surface area contributed by atoms with Crippen molar-refractivity contribution < 1.29 is 4.42 Å². The maximum absolute atomic E-state index is 5.65. The highest BCUT2D eigenvalue weighted by molar-refractivity contribution is 5.65. The Bertz CT molecular complexity index is 698. The Hall–Kier alpha value is -2.48. The second kappa shape index (κ2) is 5.88. The molecule has 1 heterocycles. The molecule has 0 aliphatic rings. The first-order chi connectivity index (χ1) is 10.2. The Kier molecular flexibility index (Phi) is 3.78. The van der Waals surface area contributed by atoms with Gasteiger partial charge in [-0.3, -0.25) is 0 Å². The number of anilines is 1. The van der Waals surface area contributed by atoms with Gasteiger partial charge in [-0.05, 0) is 49.2 Å². The van der Waals surface area contributed by atoms with Gasteiger partial charge in [0.1, 0.15) is 11.5 Å². The van der Waals surface area contributed by atoms with Crippen LogP contribution in [0.1, 0.15) is 24.5 Å². The van der Waals surface area contributed by atoms with Gasteiger partial charge < -0.3 is 9.73 Å². The number of furan rings is 1. The molecule has 0 fully saturated rings. The molecular weight excluding hydrogens is 258 g/mol. The van der Waals surface area contributed by atoms with Crippen molar-refractivity contribution in [2.75, 3.05) is 5.32 Å². The molecule has 0 aliphatic heterocycles. The Morgan fingerprint density at radius 3 is 2.10 bits per heavy atom. The monoisotopic (exact) mass is 277 g/mol. The molecule has 0 saturated carbocycles. The zero-order chi connectivity index (χ0) is 14.7. The summed E-state index contributed by atoms with van der Waals surface area (Å²) in [7, 11) is 0. The molecule has 0 bridgehead atoms. The van der Waals surface area contributed by atoms with Crippen LogP contribution < -0.4 is 5.32 Å². The number of hydrogen-bond acceptors (Lipinski definition) is 2. The van der Waals surface area contributed by atoms with Gasteiger partial charge in [0.25, 0.3) is 0 Å². The van der Waals surface area contributed by atoms with Gasteiger partial charge in [-0.1, -0.05) is 42.5 Å². The first-order valence-corrected chi connectivity index (χ1v) is 7.21. The van der Waals surface area contributed by atoms with Crippen molar-refractivity contribution in [2.45, 2.75) is 19.9 Å². The van der Waals surface area contributed by atoms with Gasteiger partial charge in [-0.25, -0.2) is 0 Å². The van der Waals surface area contributed by atoms with Gasteiger partial charge in [0, 0.05) is 5.69 Å². The second-order valence-electron chi connectivity index (χ2n) is 5.26. The minimum atomic E-state index is 0.154. The lowest BCUT2D eigenvalue weighted by molar-refractivity contribution is 0.467. The smallest absolute Gasteiger partial charge is 0.126 e. The molecule has 106 valence electrons. The quantitative estimate of drug-likeness (QED) is 0.688. The molecule has 21 heavy (non-hydrogen) atoms. The minimum Gasteiger partial charge on any atom is -0.464 e. The predicted octanol–water partition coefficient (Wildman–Crippen LogP) is 5.43. The molecule has 2 heteroatoms. The molecule has 0 radical (unpaired) electrons. The molecule has 1 aromatic heterocycles. The number of hydrogen-bond donors (Lipinski definition) is 1. The summed E-state index contributed by atoms with van der Waals surface area (Å²) < 4.78 is 5.65. The van der Waals surface area contributed by atoms with Crippen LogP contribution >= 0.6 is 0 Å². The topological polar surface area (TPSA) is 25.2 Å². The summed E-state index contributed by atoms with van der Waals surface area (Å²) in [5, 5.41) is 3.46. The van der Waals surface area contributed by atoms with Crippen molar-refractivity contribution in [3.63, 3.8) is 0 Å². The maximum atomic E-state index is 5.65. The van der Waals surface area contributed by atoms with Crippen molar-refractivity contribution in [1.82, 2.24) is 0 Å². The normalized spacial score (nSPS) is 12.1. The van der Waals surface area contributed by atoms with Crippen LogP contribution in [0, 0.1) is 6.92 Å². The Morgan fingerprint density at radius 1 is 0.810 bits per heavy atom. The fraction of sp³-hybridized carbons (Fsp3) is 0.158. The fourth-order valence-electron chi connectivity index (χ4n) is 2.40. The van der Waals surface area contributed by atoms with Gasteiger partial charge in [-0.2, -0.15) is 0 Å². The first-order valence-electron chi connectivity index (χ1n) is 7.21. The second-order valence-corrected chi connectivity index (χ2v) is 5.26. The third kappa shape index (κ3) is 3.16. The van der Waals surface area contributed by atoms with Gasteiger partial charge in [0.05, 0.1) is 6.04 Å².